The van der Waals surface area contributed by atoms with Crippen molar-refractivity contribution in [3.8, 4) is 5.75 Å². The van der Waals surface area contributed by atoms with Gasteiger partial charge in [0, 0.05) is 24.8 Å². The highest BCUT2D eigenvalue weighted by atomic mass is 16.3. The summed E-state index contributed by atoms with van der Waals surface area (Å²) < 4.78 is 2.08. The number of nitrogens with zero attached hydrogens (tertiary/aromatic N) is 3. The fourth-order valence-corrected chi connectivity index (χ4v) is 3.05. The number of phenolic OH excluding ortho intramolecular Hbond substituents is 1. The molecule has 0 atom stereocenters. The van der Waals surface area contributed by atoms with E-state index in [1.807, 2.05) is 24.3 Å². The van der Waals surface area contributed by atoms with Crippen LogP contribution in [-0.2, 0) is 19.5 Å². The second-order valence-electron chi connectivity index (χ2n) is 6.59. The first-order chi connectivity index (χ1) is 13.7. The van der Waals surface area contributed by atoms with Crippen molar-refractivity contribution >= 4 is 17.1 Å². The summed E-state index contributed by atoms with van der Waals surface area (Å²) in [6.45, 7) is 1.18. The second-order valence-corrected chi connectivity index (χ2v) is 6.59. The molecule has 0 bridgehead atoms. The van der Waals surface area contributed by atoms with Crippen molar-refractivity contribution in [1.82, 2.24) is 19.9 Å². The van der Waals surface area contributed by atoms with Crippen LogP contribution < -0.4 is 5.32 Å². The molecule has 0 aliphatic rings. The van der Waals surface area contributed by atoms with Gasteiger partial charge in [-0.3, -0.25) is 4.79 Å². The Morgan fingerprint density at radius 3 is 2.57 bits per heavy atom. The van der Waals surface area contributed by atoms with E-state index in [1.54, 1.807) is 24.7 Å². The Labute approximate surface area is 162 Å². The molecule has 140 valence electrons. The summed E-state index contributed by atoms with van der Waals surface area (Å²) in [7, 11) is 0. The molecule has 2 heterocycles. The van der Waals surface area contributed by atoms with E-state index in [2.05, 4.69) is 32.0 Å². The zero-order valence-corrected chi connectivity index (χ0v) is 15.2. The lowest BCUT2D eigenvalue weighted by Crippen LogP contribution is -2.22. The predicted molar refractivity (Wildman–Crippen MR) is 107 cm³/mol. The number of aryl methyl sites for hydroxylation is 2. The molecule has 0 fully saturated rings. The Hall–Kier alpha value is -3.67. The maximum Gasteiger partial charge on any atom is 0.251 e. The predicted octanol–water partition coefficient (Wildman–Crippen LogP) is 3.31. The van der Waals surface area contributed by atoms with E-state index in [0.29, 0.717) is 17.8 Å². The highest BCUT2D eigenvalue weighted by Gasteiger charge is 2.08. The Morgan fingerprint density at radius 1 is 1.00 bits per heavy atom. The number of amides is 1. The summed E-state index contributed by atoms with van der Waals surface area (Å²) in [5.74, 6) is -0.0624. The van der Waals surface area contributed by atoms with E-state index in [1.165, 1.54) is 17.7 Å². The highest BCUT2D eigenvalue weighted by molar-refractivity contribution is 5.94. The number of aromatic nitrogens is 3. The number of hydrogen-bond donors (Lipinski definition) is 2. The van der Waals surface area contributed by atoms with E-state index >= 15 is 0 Å². The molecule has 0 saturated heterocycles. The quantitative estimate of drug-likeness (QED) is 0.544. The average molecular weight is 372 g/mol. The molecule has 2 N–H and O–H groups in total. The molecule has 4 rings (SSSR count). The number of carbonyl (C=O) groups is 1. The number of fused-ring (bicyclic) bond motifs is 1. The number of nitrogens with one attached hydrogen (secondary N) is 1. The fraction of sp³-hybridized carbons (Fsp3) is 0.136. The van der Waals surface area contributed by atoms with Crippen LogP contribution in [0.25, 0.3) is 11.2 Å². The highest BCUT2D eigenvalue weighted by Crippen LogP contribution is 2.14. The molecule has 0 radical (unpaired) electrons. The van der Waals surface area contributed by atoms with Crippen LogP contribution in [0.5, 0.6) is 5.75 Å². The number of pyridine rings is 1. The van der Waals surface area contributed by atoms with Crippen LogP contribution in [0.2, 0.25) is 0 Å². The second kappa shape index (κ2) is 7.92. The standard InChI is InChI=1S/C22H20N4O2/c27-19-8-6-18(7-9-19)22(28)24-14-17-12-20-21(23-13-17)25-15-26(20)11-10-16-4-2-1-3-5-16/h1-9,12-13,15,27H,10-11,14H2,(H,24,28). The number of hydrogen-bond acceptors (Lipinski definition) is 4. The molecule has 6 nitrogen and oxygen atoms in total. The zero-order valence-electron chi connectivity index (χ0n) is 15.2. The number of phenols is 1. The maximum absolute atomic E-state index is 12.2. The van der Waals surface area contributed by atoms with Crippen LogP contribution in [-0.4, -0.2) is 25.5 Å². The monoisotopic (exact) mass is 372 g/mol. The lowest BCUT2D eigenvalue weighted by atomic mass is 10.1. The Bertz CT molecular complexity index is 1090. The Balaban J connectivity index is 1.44. The molecule has 0 aliphatic heterocycles. The largest absolute Gasteiger partial charge is 0.508 e. The molecule has 2 aromatic carbocycles. The fourth-order valence-electron chi connectivity index (χ4n) is 3.05. The summed E-state index contributed by atoms with van der Waals surface area (Å²) >= 11 is 0. The summed E-state index contributed by atoms with van der Waals surface area (Å²) in [6.07, 6.45) is 4.45. The van der Waals surface area contributed by atoms with E-state index in [4.69, 9.17) is 0 Å². The van der Waals surface area contributed by atoms with Gasteiger partial charge in [-0.05, 0) is 47.9 Å². The topological polar surface area (TPSA) is 80.0 Å². The average Bonchev–Trinajstić information content (AvgIpc) is 3.14. The summed E-state index contributed by atoms with van der Waals surface area (Å²) in [5, 5.41) is 12.2. The smallest absolute Gasteiger partial charge is 0.251 e. The van der Waals surface area contributed by atoms with Crippen molar-refractivity contribution in [1.29, 1.82) is 0 Å². The third-order valence-electron chi connectivity index (χ3n) is 4.60. The molecule has 2 aromatic heterocycles. The minimum absolute atomic E-state index is 0.134. The lowest BCUT2D eigenvalue weighted by molar-refractivity contribution is 0.0951. The molecule has 1 amide bonds. The van der Waals surface area contributed by atoms with Crippen molar-refractivity contribution < 1.29 is 9.90 Å². The first kappa shape index (κ1) is 17.7. The van der Waals surface area contributed by atoms with Crippen molar-refractivity contribution in [3.63, 3.8) is 0 Å². The zero-order chi connectivity index (χ0) is 19.3. The van der Waals surface area contributed by atoms with E-state index in [-0.39, 0.29) is 11.7 Å². The van der Waals surface area contributed by atoms with Gasteiger partial charge in [0.15, 0.2) is 5.65 Å². The van der Waals surface area contributed by atoms with Crippen LogP contribution in [0.4, 0.5) is 0 Å². The number of imidazole rings is 1. The maximum atomic E-state index is 12.2. The minimum Gasteiger partial charge on any atom is -0.508 e. The third-order valence-corrected chi connectivity index (χ3v) is 4.60. The number of aromatic hydroxyl groups is 1. The van der Waals surface area contributed by atoms with Gasteiger partial charge in [-0.1, -0.05) is 30.3 Å². The Kier molecular flexibility index (Phi) is 5.01. The first-order valence-corrected chi connectivity index (χ1v) is 9.10. The van der Waals surface area contributed by atoms with Gasteiger partial charge in [0.25, 0.3) is 5.91 Å². The summed E-state index contributed by atoms with van der Waals surface area (Å²) in [5.41, 5.74) is 4.32. The van der Waals surface area contributed by atoms with Gasteiger partial charge in [0.2, 0.25) is 0 Å². The van der Waals surface area contributed by atoms with Gasteiger partial charge in [-0.15, -0.1) is 0 Å². The van der Waals surface area contributed by atoms with Crippen LogP contribution in [0.3, 0.4) is 0 Å². The van der Waals surface area contributed by atoms with Gasteiger partial charge in [-0.25, -0.2) is 9.97 Å². The van der Waals surface area contributed by atoms with Crippen LogP contribution in [0, 0.1) is 0 Å². The van der Waals surface area contributed by atoms with Crippen molar-refractivity contribution in [3.05, 3.63) is 89.9 Å². The summed E-state index contributed by atoms with van der Waals surface area (Å²) in [6, 6.07) is 18.5. The van der Waals surface area contributed by atoms with Crippen molar-refractivity contribution in [2.24, 2.45) is 0 Å². The number of carbonyl (C=O) groups excluding carboxylic acids is 1. The molecule has 6 heteroatoms. The van der Waals surface area contributed by atoms with Crippen LogP contribution in [0.15, 0.2) is 73.2 Å². The molecule has 28 heavy (non-hydrogen) atoms. The van der Waals surface area contributed by atoms with Gasteiger partial charge < -0.3 is 15.0 Å². The van der Waals surface area contributed by atoms with Crippen LogP contribution >= 0.6 is 0 Å². The van der Waals surface area contributed by atoms with Crippen molar-refractivity contribution in [2.75, 3.05) is 0 Å². The minimum atomic E-state index is -0.197. The van der Waals surface area contributed by atoms with Gasteiger partial charge in [0.05, 0.1) is 11.8 Å². The lowest BCUT2D eigenvalue weighted by Gasteiger charge is -2.07. The molecule has 0 unspecified atom stereocenters. The Morgan fingerprint density at radius 2 is 1.79 bits per heavy atom. The molecule has 0 aliphatic carbocycles. The first-order valence-electron chi connectivity index (χ1n) is 9.10. The molecule has 0 saturated carbocycles. The molecular formula is C22H20N4O2. The van der Waals surface area contributed by atoms with Gasteiger partial charge in [0.1, 0.15) is 5.75 Å². The molecular weight excluding hydrogens is 352 g/mol. The summed E-state index contributed by atoms with van der Waals surface area (Å²) in [4.78, 5) is 21.0. The molecule has 4 aromatic rings. The third kappa shape index (κ3) is 4.01. The van der Waals surface area contributed by atoms with Gasteiger partial charge in [-0.2, -0.15) is 0 Å². The van der Waals surface area contributed by atoms with E-state index < -0.39 is 0 Å². The number of benzene rings is 2. The van der Waals surface area contributed by atoms with Gasteiger partial charge >= 0.3 is 0 Å². The number of rotatable bonds is 6. The van der Waals surface area contributed by atoms with Crippen molar-refractivity contribution in [2.45, 2.75) is 19.5 Å². The molecule has 0 spiro atoms. The normalized spacial score (nSPS) is 10.9. The van der Waals surface area contributed by atoms with E-state index in [9.17, 15) is 9.90 Å². The van der Waals surface area contributed by atoms with Crippen LogP contribution in [0.1, 0.15) is 21.5 Å². The van der Waals surface area contributed by atoms with E-state index in [0.717, 1.165) is 24.0 Å². The SMILES string of the molecule is O=C(NCc1cnc2ncn(CCc3ccccc3)c2c1)c1ccc(O)cc1.